The molecule has 1 aliphatic rings. The summed E-state index contributed by atoms with van der Waals surface area (Å²) in [7, 11) is 0. The van der Waals surface area contributed by atoms with Crippen LogP contribution in [0.15, 0.2) is 42.6 Å². The van der Waals surface area contributed by atoms with E-state index in [0.717, 1.165) is 29.3 Å². The Bertz CT molecular complexity index is 676. The van der Waals surface area contributed by atoms with Crippen LogP contribution in [-0.4, -0.2) is 40.1 Å². The van der Waals surface area contributed by atoms with Crippen LogP contribution in [0.4, 0.5) is 0 Å². The second-order valence-electron chi connectivity index (χ2n) is 5.34. The number of rotatable bonds is 2. The molecule has 4 nitrogen and oxygen atoms in total. The summed E-state index contributed by atoms with van der Waals surface area (Å²) in [6.07, 6.45) is 6.37. The fourth-order valence-corrected chi connectivity index (χ4v) is 2.68. The molecule has 2 heterocycles. The summed E-state index contributed by atoms with van der Waals surface area (Å²) in [6.45, 7) is 1.14. The average molecular weight is 282 g/mol. The number of nitrogens with zero attached hydrogens (tertiary/aromatic N) is 2. The lowest BCUT2D eigenvalue weighted by atomic mass is 10.1. The molecule has 4 heteroatoms. The standard InChI is InChI=1S/C17H18N2O2/c20-15-7-3-11-19(12-15)16(21)9-8-14-5-1-4-13-6-2-10-18-17(13)14/h1-2,4-6,8-10,15,20H,3,7,11-12H2. The van der Waals surface area contributed by atoms with Crippen molar-refractivity contribution in [3.05, 3.63) is 48.2 Å². The molecule has 1 saturated heterocycles. The highest BCUT2D eigenvalue weighted by Gasteiger charge is 2.20. The van der Waals surface area contributed by atoms with E-state index in [1.165, 1.54) is 0 Å². The van der Waals surface area contributed by atoms with Gasteiger partial charge in [0, 0.05) is 36.3 Å². The van der Waals surface area contributed by atoms with Crippen molar-refractivity contribution in [2.45, 2.75) is 18.9 Å². The zero-order chi connectivity index (χ0) is 14.7. The van der Waals surface area contributed by atoms with E-state index in [9.17, 15) is 9.90 Å². The maximum atomic E-state index is 12.2. The second-order valence-corrected chi connectivity index (χ2v) is 5.34. The number of carbonyl (C=O) groups excluding carboxylic acids is 1. The lowest BCUT2D eigenvalue weighted by Crippen LogP contribution is -2.41. The predicted octanol–water partition coefficient (Wildman–Crippen LogP) is 2.23. The maximum Gasteiger partial charge on any atom is 0.246 e. The van der Waals surface area contributed by atoms with Gasteiger partial charge in [0.15, 0.2) is 0 Å². The van der Waals surface area contributed by atoms with E-state index < -0.39 is 6.10 Å². The van der Waals surface area contributed by atoms with Crippen molar-refractivity contribution in [3.63, 3.8) is 0 Å². The van der Waals surface area contributed by atoms with Gasteiger partial charge in [0.05, 0.1) is 11.6 Å². The SMILES string of the molecule is O=C(C=Cc1cccc2cccnc12)N1CCCC(O)C1. The number of fused-ring (bicyclic) bond motifs is 1. The lowest BCUT2D eigenvalue weighted by Gasteiger charge is -2.29. The van der Waals surface area contributed by atoms with Gasteiger partial charge in [0.2, 0.25) is 5.91 Å². The molecule has 1 N–H and O–H groups in total. The molecule has 1 aliphatic heterocycles. The van der Waals surface area contributed by atoms with E-state index in [1.807, 2.05) is 30.3 Å². The molecule has 108 valence electrons. The van der Waals surface area contributed by atoms with Gasteiger partial charge >= 0.3 is 0 Å². The Morgan fingerprint density at radius 2 is 2.19 bits per heavy atom. The van der Waals surface area contributed by atoms with Crippen molar-refractivity contribution in [2.75, 3.05) is 13.1 Å². The number of benzene rings is 1. The van der Waals surface area contributed by atoms with Crippen molar-refractivity contribution < 1.29 is 9.90 Å². The van der Waals surface area contributed by atoms with Crippen LogP contribution in [-0.2, 0) is 4.79 Å². The van der Waals surface area contributed by atoms with Crippen LogP contribution in [0.2, 0.25) is 0 Å². The summed E-state index contributed by atoms with van der Waals surface area (Å²) in [5.74, 6) is -0.0540. The number of para-hydroxylation sites is 1. The highest BCUT2D eigenvalue weighted by Crippen LogP contribution is 2.17. The van der Waals surface area contributed by atoms with E-state index in [4.69, 9.17) is 0 Å². The lowest BCUT2D eigenvalue weighted by molar-refractivity contribution is -0.128. The van der Waals surface area contributed by atoms with Crippen LogP contribution in [0, 0.1) is 0 Å². The van der Waals surface area contributed by atoms with Crippen molar-refractivity contribution >= 4 is 22.9 Å². The van der Waals surface area contributed by atoms with Crippen LogP contribution in [0.25, 0.3) is 17.0 Å². The molecule has 1 aromatic carbocycles. The van der Waals surface area contributed by atoms with Crippen molar-refractivity contribution in [3.8, 4) is 0 Å². The van der Waals surface area contributed by atoms with E-state index in [2.05, 4.69) is 4.98 Å². The number of amides is 1. The minimum atomic E-state index is -0.393. The molecule has 0 spiro atoms. The molecule has 2 aromatic rings. The number of hydrogen-bond donors (Lipinski definition) is 1. The summed E-state index contributed by atoms with van der Waals surface area (Å²) in [4.78, 5) is 18.2. The molecular formula is C17H18N2O2. The number of aliphatic hydroxyl groups is 1. The van der Waals surface area contributed by atoms with Crippen LogP contribution < -0.4 is 0 Å². The molecule has 1 amide bonds. The Morgan fingerprint density at radius 1 is 1.33 bits per heavy atom. The summed E-state index contributed by atoms with van der Waals surface area (Å²) in [5.41, 5.74) is 1.82. The Morgan fingerprint density at radius 3 is 3.05 bits per heavy atom. The number of aliphatic hydroxyl groups excluding tert-OH is 1. The molecule has 0 bridgehead atoms. The van der Waals surface area contributed by atoms with Gasteiger partial charge in [-0.1, -0.05) is 24.3 Å². The van der Waals surface area contributed by atoms with E-state index >= 15 is 0 Å². The molecule has 0 aliphatic carbocycles. The largest absolute Gasteiger partial charge is 0.391 e. The molecular weight excluding hydrogens is 264 g/mol. The Labute approximate surface area is 123 Å². The van der Waals surface area contributed by atoms with Crippen molar-refractivity contribution in [2.24, 2.45) is 0 Å². The van der Waals surface area contributed by atoms with Crippen LogP contribution in [0.5, 0.6) is 0 Å². The maximum absolute atomic E-state index is 12.2. The number of piperidine rings is 1. The van der Waals surface area contributed by atoms with E-state index in [-0.39, 0.29) is 5.91 Å². The summed E-state index contributed by atoms with van der Waals surface area (Å²) in [6, 6.07) is 9.81. The molecule has 3 rings (SSSR count). The zero-order valence-electron chi connectivity index (χ0n) is 11.8. The topological polar surface area (TPSA) is 53.4 Å². The van der Waals surface area contributed by atoms with Gasteiger partial charge in [-0.2, -0.15) is 0 Å². The Hall–Kier alpha value is -2.20. The van der Waals surface area contributed by atoms with Gasteiger partial charge in [-0.05, 0) is 25.0 Å². The van der Waals surface area contributed by atoms with Gasteiger partial charge in [0.25, 0.3) is 0 Å². The summed E-state index contributed by atoms with van der Waals surface area (Å²) < 4.78 is 0. The van der Waals surface area contributed by atoms with Gasteiger partial charge in [-0.3, -0.25) is 9.78 Å². The van der Waals surface area contributed by atoms with Crippen molar-refractivity contribution in [1.82, 2.24) is 9.88 Å². The monoisotopic (exact) mass is 282 g/mol. The molecule has 21 heavy (non-hydrogen) atoms. The summed E-state index contributed by atoms with van der Waals surface area (Å²) >= 11 is 0. The van der Waals surface area contributed by atoms with Crippen LogP contribution in [0.1, 0.15) is 18.4 Å². The number of likely N-dealkylation sites (tertiary alicyclic amines) is 1. The minimum Gasteiger partial charge on any atom is -0.391 e. The van der Waals surface area contributed by atoms with Gasteiger partial charge in [-0.15, -0.1) is 0 Å². The quantitative estimate of drug-likeness (QED) is 0.859. The predicted molar refractivity (Wildman–Crippen MR) is 82.6 cm³/mol. The van der Waals surface area contributed by atoms with E-state index in [1.54, 1.807) is 23.2 Å². The van der Waals surface area contributed by atoms with Crippen LogP contribution >= 0.6 is 0 Å². The number of carbonyl (C=O) groups is 1. The number of β-amino-alcohol motifs (C(OH)–C–C–N with tert-alkyl or cyclic N) is 1. The van der Waals surface area contributed by atoms with Gasteiger partial charge in [-0.25, -0.2) is 0 Å². The van der Waals surface area contributed by atoms with Gasteiger partial charge in [0.1, 0.15) is 0 Å². The molecule has 1 fully saturated rings. The second kappa shape index (κ2) is 6.06. The fraction of sp³-hybridized carbons (Fsp3) is 0.294. The fourth-order valence-electron chi connectivity index (χ4n) is 2.68. The van der Waals surface area contributed by atoms with Crippen LogP contribution in [0.3, 0.4) is 0 Å². The molecule has 0 radical (unpaired) electrons. The third-order valence-corrected chi connectivity index (χ3v) is 3.78. The summed E-state index contributed by atoms with van der Waals surface area (Å²) in [5, 5.41) is 10.7. The normalized spacial score (nSPS) is 19.3. The first-order valence-electron chi connectivity index (χ1n) is 7.23. The van der Waals surface area contributed by atoms with Crippen molar-refractivity contribution in [1.29, 1.82) is 0 Å². The average Bonchev–Trinajstić information content (AvgIpc) is 2.52. The molecule has 1 unspecified atom stereocenters. The molecule has 0 saturated carbocycles. The zero-order valence-corrected chi connectivity index (χ0v) is 11.8. The minimum absolute atomic E-state index is 0.0540. The first-order valence-corrected chi connectivity index (χ1v) is 7.23. The van der Waals surface area contributed by atoms with E-state index in [0.29, 0.717) is 13.1 Å². The van der Waals surface area contributed by atoms with Gasteiger partial charge < -0.3 is 10.0 Å². The number of aromatic nitrogens is 1. The highest BCUT2D eigenvalue weighted by atomic mass is 16.3. The third kappa shape index (κ3) is 3.11. The molecule has 1 atom stereocenters. The smallest absolute Gasteiger partial charge is 0.246 e. The number of hydrogen-bond acceptors (Lipinski definition) is 3. The highest BCUT2D eigenvalue weighted by molar-refractivity contribution is 5.95. The number of pyridine rings is 1. The molecule has 1 aromatic heterocycles. The Balaban J connectivity index is 1.80. The third-order valence-electron chi connectivity index (χ3n) is 3.78. The first kappa shape index (κ1) is 13.8. The first-order chi connectivity index (χ1) is 10.2. The Kier molecular flexibility index (Phi) is 3.97.